The summed E-state index contributed by atoms with van der Waals surface area (Å²) >= 11 is 0. The number of rotatable bonds is 6. The SMILES string of the molecule is CC(C)C[C@H](NC(=O)CN1CCc2ccccc2C1)c1ccccc1. The molecule has 1 atom stereocenters. The van der Waals surface area contributed by atoms with Crippen LogP contribution in [0.1, 0.15) is 43.0 Å². The molecule has 0 unspecified atom stereocenters. The Labute approximate surface area is 151 Å². The molecule has 0 saturated heterocycles. The number of carbonyl (C=O) groups excluding carboxylic acids is 1. The summed E-state index contributed by atoms with van der Waals surface area (Å²) in [6, 6.07) is 18.9. The number of hydrogen-bond acceptors (Lipinski definition) is 2. The van der Waals surface area contributed by atoms with Crippen LogP contribution < -0.4 is 5.32 Å². The molecule has 3 heteroatoms. The zero-order chi connectivity index (χ0) is 17.6. The summed E-state index contributed by atoms with van der Waals surface area (Å²) in [5, 5.41) is 3.26. The molecule has 0 radical (unpaired) electrons. The Morgan fingerprint density at radius 1 is 1.04 bits per heavy atom. The van der Waals surface area contributed by atoms with Crippen molar-refractivity contribution in [2.75, 3.05) is 13.1 Å². The number of hydrogen-bond donors (Lipinski definition) is 1. The molecule has 25 heavy (non-hydrogen) atoms. The van der Waals surface area contributed by atoms with Gasteiger partial charge in [-0.2, -0.15) is 0 Å². The Hall–Kier alpha value is -2.13. The number of carbonyl (C=O) groups is 1. The minimum atomic E-state index is 0.0887. The molecule has 2 aromatic rings. The van der Waals surface area contributed by atoms with Crippen molar-refractivity contribution in [1.29, 1.82) is 0 Å². The maximum absolute atomic E-state index is 12.6. The summed E-state index contributed by atoms with van der Waals surface area (Å²) in [6.07, 6.45) is 1.98. The zero-order valence-electron chi connectivity index (χ0n) is 15.2. The smallest absolute Gasteiger partial charge is 0.234 e. The van der Waals surface area contributed by atoms with Crippen molar-refractivity contribution in [1.82, 2.24) is 10.2 Å². The molecule has 3 nitrogen and oxygen atoms in total. The summed E-state index contributed by atoms with van der Waals surface area (Å²) < 4.78 is 0. The van der Waals surface area contributed by atoms with E-state index < -0.39 is 0 Å². The Kier molecular flexibility index (Phi) is 5.87. The maximum atomic E-state index is 12.6. The van der Waals surface area contributed by atoms with Gasteiger partial charge in [0.25, 0.3) is 0 Å². The second-order valence-electron chi connectivity index (χ2n) is 7.39. The van der Waals surface area contributed by atoms with Gasteiger partial charge in [-0.3, -0.25) is 9.69 Å². The summed E-state index contributed by atoms with van der Waals surface area (Å²) in [4.78, 5) is 14.9. The lowest BCUT2D eigenvalue weighted by Gasteiger charge is -2.29. The molecule has 1 aliphatic rings. The predicted octanol–water partition coefficient (Wildman–Crippen LogP) is 3.95. The topological polar surface area (TPSA) is 32.3 Å². The minimum Gasteiger partial charge on any atom is -0.348 e. The molecule has 132 valence electrons. The quantitative estimate of drug-likeness (QED) is 0.866. The lowest BCUT2D eigenvalue weighted by Crippen LogP contribution is -2.41. The highest BCUT2D eigenvalue weighted by Gasteiger charge is 2.21. The van der Waals surface area contributed by atoms with E-state index in [9.17, 15) is 4.79 Å². The van der Waals surface area contributed by atoms with Gasteiger partial charge in [-0.1, -0.05) is 68.4 Å². The monoisotopic (exact) mass is 336 g/mol. The van der Waals surface area contributed by atoms with E-state index in [0.29, 0.717) is 12.5 Å². The fourth-order valence-electron chi connectivity index (χ4n) is 3.57. The number of benzene rings is 2. The van der Waals surface area contributed by atoms with Crippen LogP contribution >= 0.6 is 0 Å². The molecule has 1 N–H and O–H groups in total. The number of nitrogens with one attached hydrogen (secondary N) is 1. The predicted molar refractivity (Wildman–Crippen MR) is 102 cm³/mol. The van der Waals surface area contributed by atoms with E-state index >= 15 is 0 Å². The Morgan fingerprint density at radius 2 is 1.72 bits per heavy atom. The van der Waals surface area contributed by atoms with Crippen molar-refractivity contribution in [3.63, 3.8) is 0 Å². The van der Waals surface area contributed by atoms with Gasteiger partial charge < -0.3 is 5.32 Å². The molecule has 1 heterocycles. The fraction of sp³-hybridized carbons (Fsp3) is 0.409. The van der Waals surface area contributed by atoms with Crippen LogP contribution in [-0.4, -0.2) is 23.9 Å². The van der Waals surface area contributed by atoms with Crippen LogP contribution in [-0.2, 0) is 17.8 Å². The van der Waals surface area contributed by atoms with Crippen LogP contribution in [0, 0.1) is 5.92 Å². The third-order valence-corrected chi connectivity index (χ3v) is 4.82. The second-order valence-corrected chi connectivity index (χ2v) is 7.39. The second kappa shape index (κ2) is 8.30. The van der Waals surface area contributed by atoms with Crippen molar-refractivity contribution < 1.29 is 4.79 Å². The average molecular weight is 336 g/mol. The molecule has 1 aliphatic heterocycles. The first-order chi connectivity index (χ1) is 12.1. The van der Waals surface area contributed by atoms with E-state index in [2.05, 4.69) is 60.5 Å². The van der Waals surface area contributed by atoms with Gasteiger partial charge in [0.1, 0.15) is 0 Å². The van der Waals surface area contributed by atoms with Crippen LogP contribution in [0.4, 0.5) is 0 Å². The molecule has 1 amide bonds. The highest BCUT2D eigenvalue weighted by Crippen LogP contribution is 2.22. The van der Waals surface area contributed by atoms with Crippen molar-refractivity contribution in [3.8, 4) is 0 Å². The van der Waals surface area contributed by atoms with Gasteiger partial charge >= 0.3 is 0 Å². The summed E-state index contributed by atoms with van der Waals surface area (Å²) in [7, 11) is 0. The Morgan fingerprint density at radius 3 is 2.44 bits per heavy atom. The van der Waals surface area contributed by atoms with Gasteiger partial charge in [-0.15, -0.1) is 0 Å². The summed E-state index contributed by atoms with van der Waals surface area (Å²) in [6.45, 7) is 6.68. The molecule has 0 fully saturated rings. The van der Waals surface area contributed by atoms with E-state index in [4.69, 9.17) is 0 Å². The lowest BCUT2D eigenvalue weighted by atomic mass is 9.97. The minimum absolute atomic E-state index is 0.0887. The van der Waals surface area contributed by atoms with Crippen LogP contribution in [0.25, 0.3) is 0 Å². The highest BCUT2D eigenvalue weighted by molar-refractivity contribution is 5.78. The molecule has 2 aromatic carbocycles. The van der Waals surface area contributed by atoms with Gasteiger partial charge in [0.15, 0.2) is 0 Å². The largest absolute Gasteiger partial charge is 0.348 e. The van der Waals surface area contributed by atoms with Gasteiger partial charge in [0.05, 0.1) is 12.6 Å². The third-order valence-electron chi connectivity index (χ3n) is 4.82. The van der Waals surface area contributed by atoms with Crippen LogP contribution in [0.3, 0.4) is 0 Å². The summed E-state index contributed by atoms with van der Waals surface area (Å²) in [5.41, 5.74) is 3.96. The number of nitrogens with zero attached hydrogens (tertiary/aromatic N) is 1. The van der Waals surface area contributed by atoms with Gasteiger partial charge in [-0.05, 0) is 35.4 Å². The molecule has 0 bridgehead atoms. The molecule has 0 saturated carbocycles. The van der Waals surface area contributed by atoms with E-state index in [0.717, 1.165) is 25.9 Å². The molecular formula is C22H28N2O. The highest BCUT2D eigenvalue weighted by atomic mass is 16.2. The molecule has 0 aromatic heterocycles. The van der Waals surface area contributed by atoms with Gasteiger partial charge in [-0.25, -0.2) is 0 Å². The third kappa shape index (κ3) is 4.93. The Bertz CT molecular complexity index is 696. The first kappa shape index (κ1) is 17.7. The fourth-order valence-corrected chi connectivity index (χ4v) is 3.57. The summed E-state index contributed by atoms with van der Waals surface area (Å²) in [5.74, 6) is 0.654. The Balaban J connectivity index is 1.60. The van der Waals surface area contributed by atoms with Gasteiger partial charge in [0.2, 0.25) is 5.91 Å². The normalized spacial score (nSPS) is 15.6. The van der Waals surface area contributed by atoms with Crippen LogP contribution in [0.15, 0.2) is 54.6 Å². The van der Waals surface area contributed by atoms with Crippen LogP contribution in [0.5, 0.6) is 0 Å². The first-order valence-corrected chi connectivity index (χ1v) is 9.25. The van der Waals surface area contributed by atoms with Gasteiger partial charge in [0, 0.05) is 13.1 Å². The van der Waals surface area contributed by atoms with Crippen molar-refractivity contribution >= 4 is 5.91 Å². The average Bonchev–Trinajstić information content (AvgIpc) is 2.61. The van der Waals surface area contributed by atoms with E-state index in [1.165, 1.54) is 16.7 Å². The molecule has 3 rings (SSSR count). The van der Waals surface area contributed by atoms with E-state index in [1.54, 1.807) is 0 Å². The number of amides is 1. The van der Waals surface area contributed by atoms with E-state index in [-0.39, 0.29) is 11.9 Å². The maximum Gasteiger partial charge on any atom is 0.234 e. The van der Waals surface area contributed by atoms with Crippen molar-refractivity contribution in [2.24, 2.45) is 5.92 Å². The molecule has 0 spiro atoms. The van der Waals surface area contributed by atoms with Crippen molar-refractivity contribution in [3.05, 3.63) is 71.3 Å². The van der Waals surface area contributed by atoms with Crippen LogP contribution in [0.2, 0.25) is 0 Å². The molecular weight excluding hydrogens is 308 g/mol. The number of fused-ring (bicyclic) bond motifs is 1. The standard InChI is InChI=1S/C22H28N2O/c1-17(2)14-21(19-9-4-3-5-10-19)23-22(25)16-24-13-12-18-8-6-7-11-20(18)15-24/h3-11,17,21H,12-16H2,1-2H3,(H,23,25)/t21-/m0/s1. The van der Waals surface area contributed by atoms with E-state index in [1.807, 2.05) is 18.2 Å². The first-order valence-electron chi connectivity index (χ1n) is 9.25. The lowest BCUT2D eigenvalue weighted by molar-refractivity contribution is -0.123. The zero-order valence-corrected chi connectivity index (χ0v) is 15.2. The molecule has 0 aliphatic carbocycles. The van der Waals surface area contributed by atoms with Crippen molar-refractivity contribution in [2.45, 2.75) is 39.3 Å².